The molecule has 16 aliphatic carbocycles. The molecule has 0 radical (unpaired) electrons. The molecule has 0 saturated heterocycles. The van der Waals surface area contributed by atoms with Crippen LogP contribution >= 0.6 is 0 Å². The number of hydrogen-bond donors (Lipinski definition) is 0. The van der Waals surface area contributed by atoms with Gasteiger partial charge in [0, 0.05) is 0 Å². The van der Waals surface area contributed by atoms with Crippen molar-refractivity contribution >= 4 is 0 Å². The molecular weight excluding hydrogens is 937 g/mol. The second-order valence-corrected chi connectivity index (χ2v) is 34.9. The van der Waals surface area contributed by atoms with Gasteiger partial charge >= 0.3 is 0 Å². The smallest absolute Gasteiger partial charge is 0.0179 e. The summed E-state index contributed by atoms with van der Waals surface area (Å²) in [5, 5.41) is 0. The predicted molar refractivity (Wildman–Crippen MR) is 326 cm³/mol. The fraction of sp³-hybridized carbons (Fsp3) is 1.00. The van der Waals surface area contributed by atoms with Crippen LogP contribution in [-0.4, -0.2) is 0 Å². The molecule has 18 unspecified atom stereocenters. The summed E-state index contributed by atoms with van der Waals surface area (Å²) in [6.07, 6.45) is 81.6. The van der Waals surface area contributed by atoms with E-state index < -0.39 is 0 Å². The van der Waals surface area contributed by atoms with Gasteiger partial charge < -0.3 is 0 Å². The van der Waals surface area contributed by atoms with Crippen LogP contribution in [0, 0.1) is 165 Å². The van der Waals surface area contributed by atoms with Crippen LogP contribution in [0.4, 0.5) is 0 Å². The van der Waals surface area contributed by atoms with Gasteiger partial charge in [-0.25, -0.2) is 0 Å². The van der Waals surface area contributed by atoms with E-state index in [0.717, 1.165) is 165 Å². The Kier molecular flexibility index (Phi) is 15.6. The molecule has 16 aliphatic rings. The molecule has 0 aliphatic heterocycles. The fourth-order valence-electron chi connectivity index (χ4n) is 32.3. The third kappa shape index (κ3) is 8.52. The Morgan fingerprint density at radius 1 is 0.154 bits per heavy atom. The molecular formula is C78H126. The Morgan fingerprint density at radius 3 is 0.654 bits per heavy atom. The molecule has 0 amide bonds. The van der Waals surface area contributed by atoms with Crippen molar-refractivity contribution in [2.75, 3.05) is 0 Å². The highest BCUT2D eigenvalue weighted by Gasteiger charge is 2.70. The Balaban J connectivity index is 0.731. The maximum Gasteiger partial charge on any atom is -0.0179 e. The van der Waals surface area contributed by atoms with E-state index in [0.29, 0.717) is 0 Å². The van der Waals surface area contributed by atoms with E-state index in [9.17, 15) is 0 Å². The van der Waals surface area contributed by atoms with Crippen LogP contribution < -0.4 is 0 Å². The highest BCUT2D eigenvalue weighted by Crippen LogP contribution is 2.77. The van der Waals surface area contributed by atoms with Gasteiger partial charge in [-0.05, 0) is 332 Å². The van der Waals surface area contributed by atoms with E-state index in [1.807, 2.05) is 0 Å². The molecule has 0 aromatic rings. The van der Waals surface area contributed by atoms with E-state index in [1.54, 1.807) is 321 Å². The highest BCUT2D eigenvalue weighted by molar-refractivity contribution is 5.18. The maximum atomic E-state index is 1.75. The number of hydrogen-bond acceptors (Lipinski definition) is 0. The second-order valence-electron chi connectivity index (χ2n) is 34.9. The first-order valence-corrected chi connectivity index (χ1v) is 38.7. The average Bonchev–Trinajstić information content (AvgIpc) is 3.47. The predicted octanol–water partition coefficient (Wildman–Crippen LogP) is 22.7. The van der Waals surface area contributed by atoms with Gasteiger partial charge in [0.1, 0.15) is 0 Å². The topological polar surface area (TPSA) is 0 Å². The summed E-state index contributed by atoms with van der Waals surface area (Å²) in [5.41, 5.74) is 1.50. The summed E-state index contributed by atoms with van der Waals surface area (Å²) in [6, 6.07) is 0. The van der Waals surface area contributed by atoms with Crippen molar-refractivity contribution in [1.29, 1.82) is 0 Å². The van der Waals surface area contributed by atoms with E-state index in [2.05, 4.69) is 0 Å². The molecule has 16 rings (SSSR count). The van der Waals surface area contributed by atoms with Gasteiger partial charge in [0.15, 0.2) is 0 Å². The summed E-state index contributed by atoms with van der Waals surface area (Å²) in [4.78, 5) is 0. The van der Waals surface area contributed by atoms with Gasteiger partial charge in [0.25, 0.3) is 0 Å². The lowest BCUT2D eigenvalue weighted by Crippen LogP contribution is -2.60. The molecule has 438 valence electrons. The van der Waals surface area contributed by atoms with Crippen molar-refractivity contribution in [3.63, 3.8) is 0 Å². The Bertz CT molecular complexity index is 1740. The van der Waals surface area contributed by atoms with Crippen molar-refractivity contribution in [1.82, 2.24) is 0 Å². The lowest BCUT2D eigenvalue weighted by molar-refractivity contribution is -0.179. The van der Waals surface area contributed by atoms with Crippen LogP contribution in [0.3, 0.4) is 0 Å². The van der Waals surface area contributed by atoms with Crippen molar-refractivity contribution in [2.24, 2.45) is 165 Å². The number of fused-ring (bicyclic) bond motifs is 10. The molecule has 0 nitrogen and oxygen atoms in total. The highest BCUT2D eigenvalue weighted by atomic mass is 14.7. The lowest BCUT2D eigenvalue weighted by atomic mass is 9.39. The quantitative estimate of drug-likeness (QED) is 0.238. The molecule has 16 saturated carbocycles. The molecule has 18 atom stereocenters. The van der Waals surface area contributed by atoms with Crippen LogP contribution in [0.15, 0.2) is 0 Å². The molecule has 0 heterocycles. The Labute approximate surface area is 483 Å². The normalized spacial score (nSPS) is 51.1. The zero-order valence-electron chi connectivity index (χ0n) is 51.4. The van der Waals surface area contributed by atoms with Gasteiger partial charge in [0.2, 0.25) is 0 Å². The van der Waals surface area contributed by atoms with Crippen LogP contribution in [0.2, 0.25) is 0 Å². The van der Waals surface area contributed by atoms with Crippen molar-refractivity contribution < 1.29 is 0 Å². The van der Waals surface area contributed by atoms with E-state index in [1.165, 1.54) is 0 Å². The summed E-state index contributed by atoms with van der Waals surface area (Å²) >= 11 is 0. The molecule has 0 N–H and O–H groups in total. The van der Waals surface area contributed by atoms with E-state index in [-0.39, 0.29) is 0 Å². The monoisotopic (exact) mass is 1060 g/mol. The van der Waals surface area contributed by atoms with Crippen molar-refractivity contribution in [2.45, 2.75) is 321 Å². The fourth-order valence-corrected chi connectivity index (χ4v) is 32.3. The van der Waals surface area contributed by atoms with Crippen LogP contribution in [0.5, 0.6) is 0 Å². The third-order valence-electron chi connectivity index (χ3n) is 33.4. The van der Waals surface area contributed by atoms with Gasteiger partial charge in [0.05, 0.1) is 0 Å². The van der Waals surface area contributed by atoms with Gasteiger partial charge in [-0.1, -0.05) is 154 Å². The Hall–Kier alpha value is 0. The van der Waals surface area contributed by atoms with E-state index in [4.69, 9.17) is 0 Å². The van der Waals surface area contributed by atoms with Crippen molar-refractivity contribution in [3.8, 4) is 0 Å². The molecule has 78 heavy (non-hydrogen) atoms. The molecule has 0 aromatic carbocycles. The average molecular weight is 1060 g/mol. The molecule has 0 aromatic heterocycles. The minimum Gasteiger partial charge on any atom is -0.0533 e. The lowest BCUT2D eigenvalue weighted by Gasteiger charge is -2.66. The molecule has 0 spiro atoms. The van der Waals surface area contributed by atoms with Crippen molar-refractivity contribution in [3.05, 3.63) is 0 Å². The SMILES string of the molecule is C1CCC(C2(C3CCCCC3)C3CCCCC3C3CCC(C4C5CCCCC5C(C5C6CCCCC6C(C6CCC7C8CCCCC8C(C8CCCCC8)(C8CCCCC8)C7C6)C6CCCCC65)C5CCCCC54)CC32)CC1. The molecule has 16 fully saturated rings. The maximum absolute atomic E-state index is 1.75. The second kappa shape index (κ2) is 22.7. The van der Waals surface area contributed by atoms with Crippen LogP contribution in [0.1, 0.15) is 321 Å². The summed E-state index contributed by atoms with van der Waals surface area (Å²) in [7, 11) is 0. The minimum atomic E-state index is 0.748. The Morgan fingerprint density at radius 2 is 0.372 bits per heavy atom. The standard InChI is InChI=1S/C78H126/c1-5-25-53(26-6-1)77(54-27-7-2-8-28-54)69-43-23-21-33-57(69)59-47-45-51(49-71(59)77)73-61-35-13-17-39-65(61)75(66-40-18-14-36-62(66)73)76-67-41-19-15-37-63(67)74(64-38-16-20-42-68(64)76)52-46-48-60-58-34-22-24-44-70(58)78(72(60)50-52,55-29-9-3-10-30-55)56-31-11-4-12-32-56/h51-76H,1-50H2. The van der Waals surface area contributed by atoms with Crippen LogP contribution in [-0.2, 0) is 0 Å². The van der Waals surface area contributed by atoms with Gasteiger partial charge in [-0.2, -0.15) is 0 Å². The first-order chi connectivity index (χ1) is 38.7. The minimum absolute atomic E-state index is 0.748. The van der Waals surface area contributed by atoms with E-state index >= 15 is 0 Å². The first-order valence-electron chi connectivity index (χ1n) is 38.7. The zero-order chi connectivity index (χ0) is 51.4. The molecule has 0 bridgehead atoms. The van der Waals surface area contributed by atoms with Gasteiger partial charge in [-0.3, -0.25) is 0 Å². The first kappa shape index (κ1) is 53.5. The molecule has 0 heteroatoms. The largest absolute Gasteiger partial charge is 0.0533 e. The van der Waals surface area contributed by atoms with Gasteiger partial charge in [-0.15, -0.1) is 0 Å². The zero-order valence-corrected chi connectivity index (χ0v) is 51.4. The number of rotatable bonds is 7. The third-order valence-corrected chi connectivity index (χ3v) is 33.4. The summed E-state index contributed by atoms with van der Waals surface area (Å²) < 4.78 is 0. The summed E-state index contributed by atoms with van der Waals surface area (Å²) in [6.45, 7) is 0. The van der Waals surface area contributed by atoms with Crippen LogP contribution in [0.25, 0.3) is 0 Å². The summed E-state index contributed by atoms with van der Waals surface area (Å²) in [5.74, 6) is 29.0.